The molecule has 0 N–H and O–H groups in total. The van der Waals surface area contributed by atoms with Gasteiger partial charge in [-0.1, -0.05) is 41.5 Å². The summed E-state index contributed by atoms with van der Waals surface area (Å²) in [5.74, 6) is -0.0309. The molecule has 3 atom stereocenters. The number of rotatable bonds is 3. The van der Waals surface area contributed by atoms with Crippen LogP contribution in [0.15, 0.2) is 21.6 Å². The quantitative estimate of drug-likeness (QED) is 0.690. The monoisotopic (exact) mass is 458 g/mol. The molecule has 2 heterocycles. The molecule has 1 aromatic carbocycles. The summed E-state index contributed by atoms with van der Waals surface area (Å²) in [5.41, 5.74) is 3.03. The van der Waals surface area contributed by atoms with Gasteiger partial charge < -0.3 is 4.90 Å². The molecule has 26 heavy (non-hydrogen) atoms. The van der Waals surface area contributed by atoms with E-state index in [2.05, 4.69) is 20.9 Å². The van der Waals surface area contributed by atoms with Crippen molar-refractivity contribution in [1.29, 1.82) is 0 Å². The molecule has 2 fully saturated rings. The molecule has 8 heteroatoms. The summed E-state index contributed by atoms with van der Waals surface area (Å²) in [5, 5.41) is 0.555. The second-order valence-corrected chi connectivity index (χ2v) is 11.4. The highest BCUT2D eigenvalue weighted by atomic mass is 79.9. The van der Waals surface area contributed by atoms with Gasteiger partial charge in [-0.2, -0.15) is 4.99 Å². The summed E-state index contributed by atoms with van der Waals surface area (Å²) in [6.07, 6.45) is 0.734. The summed E-state index contributed by atoms with van der Waals surface area (Å²) in [4.78, 5) is 18.8. The van der Waals surface area contributed by atoms with Gasteiger partial charge in [0.25, 0.3) is 5.91 Å². The van der Waals surface area contributed by atoms with Crippen molar-refractivity contribution in [1.82, 2.24) is 0 Å². The molecule has 2 saturated heterocycles. The van der Waals surface area contributed by atoms with Crippen molar-refractivity contribution in [2.24, 2.45) is 10.9 Å². The van der Waals surface area contributed by atoms with E-state index in [1.54, 1.807) is 0 Å². The number of sulfone groups is 1. The summed E-state index contributed by atoms with van der Waals surface area (Å²) >= 11 is 4.94. The number of amides is 1. The molecule has 0 unspecified atom stereocenters. The summed E-state index contributed by atoms with van der Waals surface area (Å²) in [7, 11) is -3.06. The number of benzene rings is 1. The van der Waals surface area contributed by atoms with Crippen LogP contribution in [0, 0.1) is 19.8 Å². The number of hydrogen-bond acceptors (Lipinski definition) is 4. The minimum atomic E-state index is -3.06. The summed E-state index contributed by atoms with van der Waals surface area (Å²) in [6.45, 7) is 7.84. The minimum absolute atomic E-state index is 0.0778. The zero-order valence-corrected chi connectivity index (χ0v) is 18.5. The second kappa shape index (κ2) is 7.28. The zero-order chi connectivity index (χ0) is 19.2. The van der Waals surface area contributed by atoms with Crippen LogP contribution in [0.3, 0.4) is 0 Å². The Balaban J connectivity index is 2.09. The van der Waals surface area contributed by atoms with Crippen molar-refractivity contribution in [2.45, 2.75) is 45.4 Å². The molecule has 1 aromatic rings. The topological polar surface area (TPSA) is 66.8 Å². The van der Waals surface area contributed by atoms with Gasteiger partial charge >= 0.3 is 0 Å². The van der Waals surface area contributed by atoms with Crippen molar-refractivity contribution in [3.05, 3.63) is 27.7 Å². The van der Waals surface area contributed by atoms with Gasteiger partial charge in [-0.05, 0) is 43.5 Å². The van der Waals surface area contributed by atoms with Crippen LogP contribution >= 0.6 is 27.7 Å². The van der Waals surface area contributed by atoms with Gasteiger partial charge in [-0.15, -0.1) is 0 Å². The number of anilines is 1. The highest BCUT2D eigenvalue weighted by Gasteiger charge is 2.50. The lowest BCUT2D eigenvalue weighted by Gasteiger charge is -2.28. The molecule has 0 aromatic heterocycles. The van der Waals surface area contributed by atoms with Crippen molar-refractivity contribution in [3.8, 4) is 0 Å². The van der Waals surface area contributed by atoms with Gasteiger partial charge in [0.05, 0.1) is 17.5 Å². The van der Waals surface area contributed by atoms with Gasteiger partial charge in [0.2, 0.25) is 0 Å². The highest BCUT2D eigenvalue weighted by molar-refractivity contribution is 9.10. The fraction of sp³-hybridized carbons (Fsp3) is 0.556. The first-order valence-electron chi connectivity index (χ1n) is 8.68. The number of carbonyl (C=O) groups is 1. The van der Waals surface area contributed by atoms with E-state index in [1.807, 2.05) is 44.7 Å². The fourth-order valence-corrected chi connectivity index (χ4v) is 8.08. The van der Waals surface area contributed by atoms with E-state index in [0.29, 0.717) is 5.17 Å². The van der Waals surface area contributed by atoms with Gasteiger partial charge in [-0.3, -0.25) is 4.79 Å². The van der Waals surface area contributed by atoms with Gasteiger partial charge in [0.15, 0.2) is 15.0 Å². The largest absolute Gasteiger partial charge is 0.315 e. The lowest BCUT2D eigenvalue weighted by molar-refractivity contribution is -0.121. The maximum Gasteiger partial charge on any atom is 0.250 e. The number of halogens is 1. The van der Waals surface area contributed by atoms with Crippen molar-refractivity contribution >= 4 is 54.3 Å². The summed E-state index contributed by atoms with van der Waals surface area (Å²) < 4.78 is 25.3. The van der Waals surface area contributed by atoms with Crippen LogP contribution in [0.1, 0.15) is 31.4 Å². The molecular formula is C18H23BrN2O3S2. The maximum absolute atomic E-state index is 12.4. The Kier molecular flexibility index (Phi) is 5.57. The molecule has 0 bridgehead atoms. The molecule has 3 rings (SSSR count). The average molecular weight is 459 g/mol. The molecule has 0 aliphatic carbocycles. The van der Waals surface area contributed by atoms with E-state index >= 15 is 0 Å². The minimum Gasteiger partial charge on any atom is -0.315 e. The van der Waals surface area contributed by atoms with E-state index in [9.17, 15) is 13.2 Å². The first kappa shape index (κ1) is 19.9. The second-order valence-electron chi connectivity index (χ2n) is 7.10. The fourth-order valence-electron chi connectivity index (χ4n) is 3.49. The number of amidine groups is 1. The first-order chi connectivity index (χ1) is 12.1. The Hall–Kier alpha value is -0.860. The molecule has 0 radical (unpaired) electrons. The number of hydrogen-bond donors (Lipinski definition) is 0. The first-order valence-corrected chi connectivity index (χ1v) is 12.2. The third-order valence-electron chi connectivity index (χ3n) is 5.00. The molecule has 2 aliphatic heterocycles. The highest BCUT2D eigenvalue weighted by Crippen LogP contribution is 2.43. The van der Waals surface area contributed by atoms with E-state index in [4.69, 9.17) is 0 Å². The lowest BCUT2D eigenvalue weighted by atomic mass is 10.1. The Labute approximate surface area is 167 Å². The van der Waals surface area contributed by atoms with Crippen molar-refractivity contribution in [2.75, 3.05) is 16.4 Å². The normalized spacial score (nSPS) is 27.0. The van der Waals surface area contributed by atoms with Crippen LogP contribution < -0.4 is 4.90 Å². The SMILES string of the molecule is CC[C@H](C)C(=O)N=C1S[C@H]2CS(=O)(=O)C[C@H]2N1c1c(C)cc(Br)cc1C. The average Bonchev–Trinajstić information content (AvgIpc) is 2.98. The number of thioether (sulfide) groups is 1. The Morgan fingerprint density at radius 1 is 1.35 bits per heavy atom. The molecular weight excluding hydrogens is 436 g/mol. The molecule has 0 spiro atoms. The van der Waals surface area contributed by atoms with Gasteiger partial charge in [0, 0.05) is 21.3 Å². The van der Waals surface area contributed by atoms with Crippen LogP contribution in [-0.4, -0.2) is 42.3 Å². The number of aliphatic imine (C=N–C) groups is 1. The lowest BCUT2D eigenvalue weighted by Crippen LogP contribution is -2.38. The van der Waals surface area contributed by atoms with Gasteiger partial charge in [-0.25, -0.2) is 8.42 Å². The maximum atomic E-state index is 12.4. The third kappa shape index (κ3) is 3.73. The number of carbonyl (C=O) groups excluding carboxylic acids is 1. The number of fused-ring (bicyclic) bond motifs is 1. The summed E-state index contributed by atoms with van der Waals surface area (Å²) in [6, 6.07) is 3.85. The van der Waals surface area contributed by atoms with Crippen LogP contribution in [-0.2, 0) is 14.6 Å². The smallest absolute Gasteiger partial charge is 0.250 e. The molecule has 0 saturated carbocycles. The van der Waals surface area contributed by atoms with Crippen molar-refractivity contribution in [3.63, 3.8) is 0 Å². The predicted octanol–water partition coefficient (Wildman–Crippen LogP) is 3.71. The van der Waals surface area contributed by atoms with Crippen molar-refractivity contribution < 1.29 is 13.2 Å². The zero-order valence-electron chi connectivity index (χ0n) is 15.3. The number of nitrogens with zero attached hydrogens (tertiary/aromatic N) is 2. The van der Waals surface area contributed by atoms with E-state index in [-0.39, 0.29) is 34.6 Å². The molecule has 142 valence electrons. The van der Waals surface area contributed by atoms with E-state index in [0.717, 1.165) is 27.7 Å². The van der Waals surface area contributed by atoms with E-state index in [1.165, 1.54) is 11.8 Å². The van der Waals surface area contributed by atoms with Crippen LogP contribution in [0.25, 0.3) is 0 Å². The molecule has 1 amide bonds. The third-order valence-corrected chi connectivity index (χ3v) is 8.67. The number of aryl methyl sites for hydroxylation is 2. The molecule has 5 nitrogen and oxygen atoms in total. The van der Waals surface area contributed by atoms with E-state index < -0.39 is 9.84 Å². The van der Waals surface area contributed by atoms with Crippen LogP contribution in [0.4, 0.5) is 5.69 Å². The van der Waals surface area contributed by atoms with Gasteiger partial charge in [0.1, 0.15) is 0 Å². The standard InChI is InChI=1S/C18H23BrN2O3S2/c1-5-10(2)17(22)20-18-21(14-8-26(23,24)9-15(14)25-18)16-11(3)6-13(19)7-12(16)4/h6-7,10,14-15H,5,8-9H2,1-4H3/t10-,14+,15-/m0/s1. The van der Waals surface area contributed by atoms with Crippen LogP contribution in [0.2, 0.25) is 0 Å². The predicted molar refractivity (Wildman–Crippen MR) is 112 cm³/mol. The Bertz CT molecular complexity index is 859. The Morgan fingerprint density at radius 2 is 1.96 bits per heavy atom. The Morgan fingerprint density at radius 3 is 2.54 bits per heavy atom. The molecule has 2 aliphatic rings. The van der Waals surface area contributed by atoms with Crippen LogP contribution in [0.5, 0.6) is 0 Å².